The second-order valence-corrected chi connectivity index (χ2v) is 3.32. The van der Waals surface area contributed by atoms with Crippen LogP contribution < -0.4 is 5.32 Å². The Morgan fingerprint density at radius 1 is 1.53 bits per heavy atom. The van der Waals surface area contributed by atoms with Gasteiger partial charge in [0.15, 0.2) is 0 Å². The van der Waals surface area contributed by atoms with E-state index in [2.05, 4.69) is 5.32 Å². The van der Waals surface area contributed by atoms with Gasteiger partial charge in [0, 0.05) is 19.0 Å². The summed E-state index contributed by atoms with van der Waals surface area (Å²) in [4.78, 5) is 10.6. The first kappa shape index (κ1) is 11.4. The van der Waals surface area contributed by atoms with E-state index in [-0.39, 0.29) is 11.7 Å². The zero-order valence-corrected chi connectivity index (χ0v) is 8.88. The minimum absolute atomic E-state index is 0.0932. The Hall–Kier alpha value is -1.64. The molecule has 2 nitrogen and oxygen atoms in total. The van der Waals surface area contributed by atoms with Gasteiger partial charge in [-0.05, 0) is 12.5 Å². The molecule has 1 amide bonds. The highest BCUT2D eigenvalue weighted by Crippen LogP contribution is 2.12. The number of halogens is 1. The maximum Gasteiger partial charge on any atom is 0.217 e. The summed E-state index contributed by atoms with van der Waals surface area (Å²) in [6.07, 6.45) is 3.39. The fraction of sp³-hybridized carbons (Fsp3) is 0.250. The van der Waals surface area contributed by atoms with Crippen molar-refractivity contribution < 1.29 is 9.18 Å². The maximum absolute atomic E-state index is 13.4. The van der Waals surface area contributed by atoms with Crippen LogP contribution in [0.25, 0.3) is 6.08 Å². The highest BCUT2D eigenvalue weighted by Gasteiger charge is 2.00. The number of hydrogen-bond acceptors (Lipinski definition) is 1. The van der Waals surface area contributed by atoms with Crippen LogP contribution in [0.15, 0.2) is 24.3 Å². The number of benzene rings is 1. The Kier molecular flexibility index (Phi) is 4.03. The first-order valence-corrected chi connectivity index (χ1v) is 4.77. The largest absolute Gasteiger partial charge is 0.353 e. The third-order valence-electron chi connectivity index (χ3n) is 1.99. The van der Waals surface area contributed by atoms with Gasteiger partial charge in [-0.2, -0.15) is 0 Å². The van der Waals surface area contributed by atoms with Crippen LogP contribution in [0.3, 0.4) is 0 Å². The van der Waals surface area contributed by atoms with E-state index < -0.39 is 0 Å². The Morgan fingerprint density at radius 2 is 2.27 bits per heavy atom. The molecule has 1 aromatic carbocycles. The first-order chi connectivity index (χ1) is 7.11. The van der Waals surface area contributed by atoms with Gasteiger partial charge in [0.05, 0.1) is 0 Å². The molecule has 0 radical (unpaired) electrons. The molecule has 0 aromatic heterocycles. The van der Waals surface area contributed by atoms with Gasteiger partial charge in [-0.15, -0.1) is 0 Å². The smallest absolute Gasteiger partial charge is 0.217 e. The number of rotatable bonds is 3. The normalized spacial score (nSPS) is 10.6. The van der Waals surface area contributed by atoms with E-state index >= 15 is 0 Å². The van der Waals surface area contributed by atoms with E-state index in [4.69, 9.17) is 0 Å². The van der Waals surface area contributed by atoms with Gasteiger partial charge < -0.3 is 5.32 Å². The van der Waals surface area contributed by atoms with Gasteiger partial charge in [-0.25, -0.2) is 4.39 Å². The third-order valence-corrected chi connectivity index (χ3v) is 1.99. The van der Waals surface area contributed by atoms with E-state index in [0.29, 0.717) is 17.7 Å². The second-order valence-electron chi connectivity index (χ2n) is 3.32. The summed E-state index contributed by atoms with van der Waals surface area (Å²) < 4.78 is 13.4. The van der Waals surface area contributed by atoms with Crippen LogP contribution in [0, 0.1) is 12.7 Å². The van der Waals surface area contributed by atoms with Gasteiger partial charge in [0.2, 0.25) is 5.91 Å². The maximum atomic E-state index is 13.4. The fourth-order valence-electron chi connectivity index (χ4n) is 1.19. The number of carbonyl (C=O) groups is 1. The Labute approximate surface area is 88.8 Å². The van der Waals surface area contributed by atoms with Crippen LogP contribution in [0.2, 0.25) is 0 Å². The molecular weight excluding hydrogens is 193 g/mol. The van der Waals surface area contributed by atoms with Crippen LogP contribution in [0.5, 0.6) is 0 Å². The van der Waals surface area contributed by atoms with E-state index in [1.54, 1.807) is 37.3 Å². The minimum atomic E-state index is -0.212. The van der Waals surface area contributed by atoms with Gasteiger partial charge >= 0.3 is 0 Å². The first-order valence-electron chi connectivity index (χ1n) is 4.77. The van der Waals surface area contributed by atoms with Crippen LogP contribution in [0.4, 0.5) is 4.39 Å². The Morgan fingerprint density at radius 3 is 2.93 bits per heavy atom. The zero-order chi connectivity index (χ0) is 11.3. The molecule has 0 aliphatic rings. The highest BCUT2D eigenvalue weighted by atomic mass is 19.1. The number of hydrogen-bond donors (Lipinski definition) is 1. The standard InChI is InChI=1S/C12H14FNO/c1-9-5-3-6-11(12(9)13)7-4-8-14-10(2)15/h3-7H,8H2,1-2H3,(H,14,15). The van der Waals surface area contributed by atoms with Crippen LogP contribution in [0.1, 0.15) is 18.1 Å². The van der Waals surface area contributed by atoms with Crippen LogP contribution in [-0.4, -0.2) is 12.5 Å². The lowest BCUT2D eigenvalue weighted by molar-refractivity contribution is -0.118. The molecule has 80 valence electrons. The summed E-state index contributed by atoms with van der Waals surface area (Å²) in [5.74, 6) is -0.305. The quantitative estimate of drug-likeness (QED) is 0.809. The summed E-state index contributed by atoms with van der Waals surface area (Å²) in [5.41, 5.74) is 1.16. The molecule has 0 aliphatic heterocycles. The molecule has 0 saturated carbocycles. The Bertz CT molecular complexity index is 385. The summed E-state index contributed by atoms with van der Waals surface area (Å²) in [7, 11) is 0. The van der Waals surface area contributed by atoms with E-state index in [1.807, 2.05) is 0 Å². The minimum Gasteiger partial charge on any atom is -0.353 e. The van der Waals surface area contributed by atoms with Gasteiger partial charge in [0.25, 0.3) is 0 Å². The van der Waals surface area contributed by atoms with Gasteiger partial charge in [-0.3, -0.25) is 4.79 Å². The van der Waals surface area contributed by atoms with E-state index in [1.165, 1.54) is 6.92 Å². The average molecular weight is 207 g/mol. The molecule has 1 rings (SSSR count). The van der Waals surface area contributed by atoms with Crippen molar-refractivity contribution in [1.29, 1.82) is 0 Å². The molecule has 0 aliphatic carbocycles. The molecule has 0 unspecified atom stereocenters. The van der Waals surface area contributed by atoms with Crippen LogP contribution in [-0.2, 0) is 4.79 Å². The molecule has 0 atom stereocenters. The molecule has 3 heteroatoms. The Balaban J connectivity index is 2.64. The lowest BCUT2D eigenvalue weighted by Gasteiger charge is -2.00. The van der Waals surface area contributed by atoms with E-state index in [9.17, 15) is 9.18 Å². The zero-order valence-electron chi connectivity index (χ0n) is 8.88. The summed E-state index contributed by atoms with van der Waals surface area (Å²) >= 11 is 0. The molecule has 0 fully saturated rings. The van der Waals surface area contributed by atoms with Crippen molar-refractivity contribution in [3.8, 4) is 0 Å². The predicted molar refractivity (Wildman–Crippen MR) is 58.9 cm³/mol. The van der Waals surface area contributed by atoms with Crippen LogP contribution >= 0.6 is 0 Å². The van der Waals surface area contributed by atoms with Crippen molar-refractivity contribution >= 4 is 12.0 Å². The van der Waals surface area contributed by atoms with Crippen molar-refractivity contribution in [2.75, 3.05) is 6.54 Å². The molecule has 0 spiro atoms. The lowest BCUT2D eigenvalue weighted by atomic mass is 10.1. The molecule has 15 heavy (non-hydrogen) atoms. The lowest BCUT2D eigenvalue weighted by Crippen LogP contribution is -2.19. The second kappa shape index (κ2) is 5.29. The molecule has 0 heterocycles. The van der Waals surface area contributed by atoms with Gasteiger partial charge in [0.1, 0.15) is 5.82 Å². The van der Waals surface area contributed by atoms with Crippen molar-refractivity contribution in [2.24, 2.45) is 0 Å². The molecule has 0 saturated heterocycles. The average Bonchev–Trinajstić information content (AvgIpc) is 2.18. The summed E-state index contributed by atoms with van der Waals surface area (Å²) in [5, 5.41) is 2.60. The number of nitrogens with one attached hydrogen (secondary N) is 1. The summed E-state index contributed by atoms with van der Waals surface area (Å²) in [6.45, 7) is 3.59. The van der Waals surface area contributed by atoms with E-state index in [0.717, 1.165) is 0 Å². The fourth-order valence-corrected chi connectivity index (χ4v) is 1.19. The molecule has 1 N–H and O–H groups in total. The predicted octanol–water partition coefficient (Wildman–Crippen LogP) is 2.28. The third kappa shape index (κ3) is 3.54. The monoisotopic (exact) mass is 207 g/mol. The number of carbonyl (C=O) groups excluding carboxylic acids is 1. The number of amides is 1. The molecular formula is C12H14FNO. The summed E-state index contributed by atoms with van der Waals surface area (Å²) in [6, 6.07) is 5.23. The van der Waals surface area contributed by atoms with Crippen molar-refractivity contribution in [3.63, 3.8) is 0 Å². The van der Waals surface area contributed by atoms with Gasteiger partial charge in [-0.1, -0.05) is 30.4 Å². The number of aryl methyl sites for hydroxylation is 1. The molecule has 1 aromatic rings. The van der Waals surface area contributed by atoms with Crippen molar-refractivity contribution in [1.82, 2.24) is 5.32 Å². The molecule has 0 bridgehead atoms. The SMILES string of the molecule is CC(=O)NCC=Cc1cccc(C)c1F. The van der Waals surface area contributed by atoms with Crippen molar-refractivity contribution in [3.05, 3.63) is 41.2 Å². The van der Waals surface area contributed by atoms with Crippen molar-refractivity contribution in [2.45, 2.75) is 13.8 Å². The highest BCUT2D eigenvalue weighted by molar-refractivity contribution is 5.73. The topological polar surface area (TPSA) is 29.1 Å².